The largest absolute Gasteiger partial charge is 0.480 e. The van der Waals surface area contributed by atoms with Gasteiger partial charge in [-0.3, -0.25) is 9.59 Å². The number of carboxylic acids is 1. The number of methoxy groups -OCH3 is 1. The molecule has 1 aliphatic carbocycles. The van der Waals surface area contributed by atoms with Crippen LogP contribution in [0.1, 0.15) is 41.3 Å². The number of aromatic nitrogens is 1. The van der Waals surface area contributed by atoms with Crippen LogP contribution in [0.3, 0.4) is 0 Å². The number of hydrogen-bond donors (Lipinski definition) is 1. The van der Waals surface area contributed by atoms with E-state index in [1.54, 1.807) is 0 Å². The fourth-order valence-electron chi connectivity index (χ4n) is 3.17. The second-order valence-electron chi connectivity index (χ2n) is 5.68. The van der Waals surface area contributed by atoms with Crippen LogP contribution in [0, 0.1) is 25.2 Å². The van der Waals surface area contributed by atoms with Crippen molar-refractivity contribution in [1.29, 1.82) is 0 Å². The Bertz CT molecular complexity index is 528. The summed E-state index contributed by atoms with van der Waals surface area (Å²) < 4.78 is 4.86. The Morgan fingerprint density at radius 2 is 2.00 bits per heavy atom. The van der Waals surface area contributed by atoms with Gasteiger partial charge in [-0.15, -0.1) is 11.3 Å². The van der Waals surface area contributed by atoms with Gasteiger partial charge in [-0.1, -0.05) is 12.8 Å². The third kappa shape index (κ3) is 2.81. The normalized spacial score (nSPS) is 18.4. The molecule has 1 aliphatic rings. The number of rotatable bonds is 5. The van der Waals surface area contributed by atoms with Crippen molar-refractivity contribution in [2.75, 3.05) is 7.11 Å². The van der Waals surface area contributed by atoms with Gasteiger partial charge in [0, 0.05) is 11.3 Å². The van der Waals surface area contributed by atoms with Crippen LogP contribution in [0.4, 0.5) is 0 Å². The first-order chi connectivity index (χ1) is 9.91. The molecule has 0 aliphatic heterocycles. The van der Waals surface area contributed by atoms with E-state index in [1.807, 2.05) is 13.8 Å². The van der Waals surface area contributed by atoms with E-state index in [4.69, 9.17) is 4.74 Å². The zero-order chi connectivity index (χ0) is 15.6. The van der Waals surface area contributed by atoms with Crippen LogP contribution in [0.15, 0.2) is 0 Å². The number of thiazole rings is 1. The lowest BCUT2D eigenvalue weighted by Gasteiger charge is -2.31. The molecule has 0 spiro atoms. The summed E-state index contributed by atoms with van der Waals surface area (Å²) in [7, 11) is 1.26. The highest BCUT2D eigenvalue weighted by atomic mass is 32.1. The lowest BCUT2D eigenvalue weighted by atomic mass is 9.72. The number of nitrogens with zero attached hydrogens (tertiary/aromatic N) is 1. The second kappa shape index (κ2) is 6.13. The van der Waals surface area contributed by atoms with Crippen LogP contribution in [0.5, 0.6) is 0 Å². The number of carbonyl (C=O) groups excluding carboxylic acids is 1. The second-order valence-corrected chi connectivity index (χ2v) is 6.96. The molecule has 0 radical (unpaired) electrons. The van der Waals surface area contributed by atoms with Gasteiger partial charge in [-0.2, -0.15) is 0 Å². The van der Waals surface area contributed by atoms with E-state index in [9.17, 15) is 14.7 Å². The SMILES string of the molecule is COC(=O)C(Cc1nc(C)c(C)s1)(C(=O)O)C1CCCC1. The van der Waals surface area contributed by atoms with Gasteiger partial charge < -0.3 is 9.84 Å². The number of carboxylic acid groups (broad SMARTS) is 1. The van der Waals surface area contributed by atoms with Gasteiger partial charge in [0.1, 0.15) is 0 Å². The van der Waals surface area contributed by atoms with Crippen LogP contribution < -0.4 is 0 Å². The van der Waals surface area contributed by atoms with E-state index in [1.165, 1.54) is 18.4 Å². The summed E-state index contributed by atoms with van der Waals surface area (Å²) in [5.74, 6) is -1.91. The fourth-order valence-corrected chi connectivity index (χ4v) is 4.20. The van der Waals surface area contributed by atoms with E-state index in [2.05, 4.69) is 4.98 Å². The molecule has 6 heteroatoms. The molecule has 0 aromatic carbocycles. The molecular weight excluding hydrogens is 290 g/mol. The summed E-state index contributed by atoms with van der Waals surface area (Å²) in [6.07, 6.45) is 3.56. The summed E-state index contributed by atoms with van der Waals surface area (Å²) in [5, 5.41) is 10.5. The van der Waals surface area contributed by atoms with E-state index in [0.29, 0.717) is 5.01 Å². The predicted octanol–water partition coefficient (Wildman–Crippen LogP) is 2.74. The van der Waals surface area contributed by atoms with Crippen molar-refractivity contribution in [3.8, 4) is 0 Å². The minimum Gasteiger partial charge on any atom is -0.480 e. The third-order valence-corrected chi connectivity index (χ3v) is 5.56. The molecule has 116 valence electrons. The Kier molecular flexibility index (Phi) is 4.66. The molecule has 1 fully saturated rings. The summed E-state index contributed by atoms with van der Waals surface area (Å²) in [4.78, 5) is 29.8. The Balaban J connectivity index is 2.42. The topological polar surface area (TPSA) is 76.5 Å². The Hall–Kier alpha value is -1.43. The van der Waals surface area contributed by atoms with Crippen molar-refractivity contribution in [3.05, 3.63) is 15.6 Å². The van der Waals surface area contributed by atoms with Crippen molar-refractivity contribution in [3.63, 3.8) is 0 Å². The highest BCUT2D eigenvalue weighted by Crippen LogP contribution is 2.44. The van der Waals surface area contributed by atoms with Crippen LogP contribution >= 0.6 is 11.3 Å². The van der Waals surface area contributed by atoms with Gasteiger partial charge in [0.2, 0.25) is 0 Å². The van der Waals surface area contributed by atoms with Crippen LogP contribution in [0.25, 0.3) is 0 Å². The van der Waals surface area contributed by atoms with Gasteiger partial charge >= 0.3 is 11.9 Å². The number of ether oxygens (including phenoxy) is 1. The first kappa shape index (κ1) is 15.9. The van der Waals surface area contributed by atoms with E-state index in [-0.39, 0.29) is 12.3 Å². The molecular formula is C15H21NO4S. The first-order valence-electron chi connectivity index (χ1n) is 7.16. The van der Waals surface area contributed by atoms with Gasteiger partial charge in [0.05, 0.1) is 17.8 Å². The van der Waals surface area contributed by atoms with Gasteiger partial charge in [0.15, 0.2) is 5.41 Å². The number of carbonyl (C=O) groups is 2. The molecule has 0 amide bonds. The monoisotopic (exact) mass is 311 g/mol. The molecule has 1 heterocycles. The van der Waals surface area contributed by atoms with E-state index >= 15 is 0 Å². The van der Waals surface area contributed by atoms with Crippen molar-refractivity contribution < 1.29 is 19.4 Å². The number of hydrogen-bond acceptors (Lipinski definition) is 5. The van der Waals surface area contributed by atoms with Crippen LogP contribution in [-0.2, 0) is 20.7 Å². The zero-order valence-corrected chi connectivity index (χ0v) is 13.5. The van der Waals surface area contributed by atoms with Crippen molar-refractivity contribution in [2.24, 2.45) is 11.3 Å². The summed E-state index contributed by atoms with van der Waals surface area (Å²) in [5.41, 5.74) is -0.604. The average Bonchev–Trinajstić information content (AvgIpc) is 3.06. The summed E-state index contributed by atoms with van der Waals surface area (Å²) in [6.45, 7) is 3.85. The van der Waals surface area contributed by atoms with Gasteiger partial charge in [0.25, 0.3) is 0 Å². The third-order valence-electron chi connectivity index (χ3n) is 4.49. The quantitative estimate of drug-likeness (QED) is 0.668. The Morgan fingerprint density at radius 3 is 2.43 bits per heavy atom. The highest BCUT2D eigenvalue weighted by molar-refractivity contribution is 7.11. The van der Waals surface area contributed by atoms with Crippen LogP contribution in [0.2, 0.25) is 0 Å². The molecule has 1 N–H and O–H groups in total. The minimum absolute atomic E-state index is 0.124. The first-order valence-corrected chi connectivity index (χ1v) is 7.98. The molecule has 1 aromatic rings. The Morgan fingerprint density at radius 1 is 1.38 bits per heavy atom. The molecule has 0 saturated heterocycles. The smallest absolute Gasteiger partial charge is 0.323 e. The maximum Gasteiger partial charge on any atom is 0.323 e. The minimum atomic E-state index is -1.50. The number of aliphatic carboxylic acids is 1. The maximum absolute atomic E-state index is 12.3. The predicted molar refractivity (Wildman–Crippen MR) is 79.3 cm³/mol. The van der Waals surface area contributed by atoms with Crippen molar-refractivity contribution >= 4 is 23.3 Å². The van der Waals surface area contributed by atoms with E-state index in [0.717, 1.165) is 36.3 Å². The molecule has 1 aromatic heterocycles. The molecule has 1 atom stereocenters. The lowest BCUT2D eigenvalue weighted by molar-refractivity contribution is -0.171. The fraction of sp³-hybridized carbons (Fsp3) is 0.667. The van der Waals surface area contributed by atoms with Gasteiger partial charge in [-0.05, 0) is 32.6 Å². The number of esters is 1. The average molecular weight is 311 g/mol. The Labute approximate surface area is 128 Å². The zero-order valence-electron chi connectivity index (χ0n) is 12.6. The molecule has 5 nitrogen and oxygen atoms in total. The number of aryl methyl sites for hydroxylation is 2. The molecule has 2 rings (SSSR count). The molecule has 0 bridgehead atoms. The van der Waals surface area contributed by atoms with Crippen molar-refractivity contribution in [2.45, 2.75) is 46.0 Å². The van der Waals surface area contributed by atoms with Gasteiger partial charge in [-0.25, -0.2) is 4.98 Å². The van der Waals surface area contributed by atoms with Crippen LogP contribution in [-0.4, -0.2) is 29.1 Å². The van der Waals surface area contributed by atoms with E-state index < -0.39 is 17.4 Å². The standard InChI is InChI=1S/C15H21NO4S/c1-9-10(2)21-12(16-9)8-15(13(17)18,14(19)20-3)11-6-4-5-7-11/h11H,4-8H2,1-3H3,(H,17,18). The molecule has 21 heavy (non-hydrogen) atoms. The summed E-state index contributed by atoms with van der Waals surface area (Å²) >= 11 is 1.46. The maximum atomic E-state index is 12.3. The van der Waals surface area contributed by atoms with Crippen molar-refractivity contribution in [1.82, 2.24) is 4.98 Å². The summed E-state index contributed by atoms with van der Waals surface area (Å²) in [6, 6.07) is 0. The highest BCUT2D eigenvalue weighted by Gasteiger charge is 2.54. The lowest BCUT2D eigenvalue weighted by Crippen LogP contribution is -2.47. The molecule has 1 saturated carbocycles. The molecule has 1 unspecified atom stereocenters.